The molecule has 1 heterocycles. The Morgan fingerprint density at radius 2 is 2.00 bits per heavy atom. The van der Waals surface area contributed by atoms with Crippen molar-refractivity contribution in [3.05, 3.63) is 35.4 Å². The highest BCUT2D eigenvalue weighted by Gasteiger charge is 2.39. The van der Waals surface area contributed by atoms with Crippen LogP contribution in [0.1, 0.15) is 22.8 Å². The highest BCUT2D eigenvalue weighted by atomic mass is 16.5. The molecular formula is C13H17NO3. The van der Waals surface area contributed by atoms with Gasteiger partial charge >= 0.3 is 0 Å². The van der Waals surface area contributed by atoms with Crippen molar-refractivity contribution < 1.29 is 14.6 Å². The molecule has 0 aromatic heterocycles. The third kappa shape index (κ3) is 2.65. The lowest BCUT2D eigenvalue weighted by molar-refractivity contribution is -0.0668. The van der Waals surface area contributed by atoms with Gasteiger partial charge in [-0.3, -0.25) is 4.79 Å². The molecule has 1 aromatic carbocycles. The summed E-state index contributed by atoms with van der Waals surface area (Å²) in [4.78, 5) is 13.6. The van der Waals surface area contributed by atoms with Gasteiger partial charge in [-0.2, -0.15) is 0 Å². The summed E-state index contributed by atoms with van der Waals surface area (Å²) in [6.45, 7) is 3.10. The van der Waals surface area contributed by atoms with Gasteiger partial charge in [-0.25, -0.2) is 0 Å². The molecule has 1 N–H and O–H groups in total. The summed E-state index contributed by atoms with van der Waals surface area (Å²) in [6.07, 6.45) is 0. The number of carbonyl (C=O) groups is 1. The van der Waals surface area contributed by atoms with Gasteiger partial charge in [0.25, 0.3) is 5.91 Å². The van der Waals surface area contributed by atoms with Gasteiger partial charge < -0.3 is 14.7 Å². The number of amides is 1. The third-order valence-electron chi connectivity index (χ3n) is 2.86. The highest BCUT2D eigenvalue weighted by molar-refractivity contribution is 5.94. The fourth-order valence-electron chi connectivity index (χ4n) is 2.01. The maximum absolute atomic E-state index is 12.0. The first kappa shape index (κ1) is 12.1. The molecular weight excluding hydrogens is 218 g/mol. The van der Waals surface area contributed by atoms with E-state index < -0.39 is 5.60 Å². The Balaban J connectivity index is 2.00. The van der Waals surface area contributed by atoms with Crippen LogP contribution in [-0.4, -0.2) is 41.7 Å². The van der Waals surface area contributed by atoms with E-state index in [1.165, 1.54) is 0 Å². The van der Waals surface area contributed by atoms with E-state index in [-0.39, 0.29) is 5.91 Å². The lowest BCUT2D eigenvalue weighted by Gasteiger charge is -2.44. The summed E-state index contributed by atoms with van der Waals surface area (Å²) < 4.78 is 5.01. The standard InChI is InChI=1S/C13H17NO3/c1-13(16)8-14(9-13)12(15)11-5-3-10(4-6-11)7-17-2/h3-6,16H,7-9H2,1-2H3. The number of aliphatic hydroxyl groups is 1. The predicted octanol–water partition coefficient (Wildman–Crippen LogP) is 1.04. The number of benzene rings is 1. The van der Waals surface area contributed by atoms with Gasteiger partial charge in [0, 0.05) is 12.7 Å². The summed E-state index contributed by atoms with van der Waals surface area (Å²) in [5, 5.41) is 9.58. The zero-order valence-electron chi connectivity index (χ0n) is 10.1. The zero-order chi connectivity index (χ0) is 12.5. The van der Waals surface area contributed by atoms with Gasteiger partial charge in [0.15, 0.2) is 0 Å². The fraction of sp³-hybridized carbons (Fsp3) is 0.462. The monoisotopic (exact) mass is 235 g/mol. The van der Waals surface area contributed by atoms with E-state index in [4.69, 9.17) is 4.74 Å². The molecule has 0 atom stereocenters. The molecule has 1 saturated heterocycles. The lowest BCUT2D eigenvalue weighted by Crippen LogP contribution is -2.61. The Morgan fingerprint density at radius 3 is 2.47 bits per heavy atom. The number of rotatable bonds is 3. The number of hydrogen-bond donors (Lipinski definition) is 1. The number of carbonyl (C=O) groups excluding carboxylic acids is 1. The van der Waals surface area contributed by atoms with Crippen LogP contribution < -0.4 is 0 Å². The summed E-state index contributed by atoms with van der Waals surface area (Å²) in [5.74, 6) is -0.0273. The van der Waals surface area contributed by atoms with E-state index in [1.54, 1.807) is 31.1 Å². The number of nitrogens with zero attached hydrogens (tertiary/aromatic N) is 1. The second kappa shape index (κ2) is 4.47. The second-order valence-corrected chi connectivity index (χ2v) is 4.79. The number of ether oxygens (including phenoxy) is 1. The van der Waals surface area contributed by atoms with Crippen LogP contribution in [0.25, 0.3) is 0 Å². The van der Waals surface area contributed by atoms with Crippen LogP contribution in [0.2, 0.25) is 0 Å². The molecule has 1 fully saturated rings. The molecule has 4 nitrogen and oxygen atoms in total. The average Bonchev–Trinajstić information content (AvgIpc) is 2.26. The minimum absolute atomic E-state index is 0.0273. The van der Waals surface area contributed by atoms with Crippen molar-refractivity contribution in [1.82, 2.24) is 4.90 Å². The van der Waals surface area contributed by atoms with Gasteiger partial charge in [-0.1, -0.05) is 12.1 Å². The predicted molar refractivity (Wildman–Crippen MR) is 63.7 cm³/mol. The van der Waals surface area contributed by atoms with Gasteiger partial charge in [0.1, 0.15) is 0 Å². The Labute approximate surface area is 101 Å². The quantitative estimate of drug-likeness (QED) is 0.851. The van der Waals surface area contributed by atoms with Crippen molar-refractivity contribution in [2.75, 3.05) is 20.2 Å². The van der Waals surface area contributed by atoms with E-state index in [2.05, 4.69) is 0 Å². The van der Waals surface area contributed by atoms with Crippen molar-refractivity contribution in [1.29, 1.82) is 0 Å². The van der Waals surface area contributed by atoms with Crippen molar-refractivity contribution >= 4 is 5.91 Å². The normalized spacial score (nSPS) is 17.7. The molecule has 1 aliphatic rings. The summed E-state index contributed by atoms with van der Waals surface area (Å²) in [5.41, 5.74) is 0.978. The van der Waals surface area contributed by atoms with E-state index in [0.29, 0.717) is 25.3 Å². The third-order valence-corrected chi connectivity index (χ3v) is 2.86. The van der Waals surface area contributed by atoms with Crippen LogP contribution in [-0.2, 0) is 11.3 Å². The van der Waals surface area contributed by atoms with Gasteiger partial charge in [0.05, 0.1) is 25.3 Å². The van der Waals surface area contributed by atoms with Crippen molar-refractivity contribution in [2.45, 2.75) is 19.1 Å². The summed E-state index contributed by atoms with van der Waals surface area (Å²) >= 11 is 0. The molecule has 4 heteroatoms. The van der Waals surface area contributed by atoms with Crippen LogP contribution in [0.3, 0.4) is 0 Å². The molecule has 0 aliphatic carbocycles. The van der Waals surface area contributed by atoms with Crippen molar-refractivity contribution in [3.8, 4) is 0 Å². The average molecular weight is 235 g/mol. The lowest BCUT2D eigenvalue weighted by atomic mass is 9.96. The molecule has 0 unspecified atom stereocenters. The molecule has 0 radical (unpaired) electrons. The van der Waals surface area contributed by atoms with Crippen molar-refractivity contribution in [2.24, 2.45) is 0 Å². The van der Waals surface area contributed by atoms with Gasteiger partial charge in [-0.15, -0.1) is 0 Å². The van der Waals surface area contributed by atoms with Crippen LogP contribution in [0.15, 0.2) is 24.3 Å². The maximum atomic E-state index is 12.0. The molecule has 1 aliphatic heterocycles. The largest absolute Gasteiger partial charge is 0.386 e. The zero-order valence-corrected chi connectivity index (χ0v) is 10.1. The summed E-state index contributed by atoms with van der Waals surface area (Å²) in [6, 6.07) is 7.36. The molecule has 0 saturated carbocycles. The van der Waals surface area contributed by atoms with Crippen molar-refractivity contribution in [3.63, 3.8) is 0 Å². The number of likely N-dealkylation sites (tertiary alicyclic amines) is 1. The van der Waals surface area contributed by atoms with Crippen LogP contribution in [0.5, 0.6) is 0 Å². The first-order valence-electron chi connectivity index (χ1n) is 5.61. The van der Waals surface area contributed by atoms with E-state index in [0.717, 1.165) is 5.56 Å². The maximum Gasteiger partial charge on any atom is 0.254 e. The second-order valence-electron chi connectivity index (χ2n) is 4.79. The summed E-state index contributed by atoms with van der Waals surface area (Å²) in [7, 11) is 1.64. The Bertz CT molecular complexity index is 403. The first-order valence-corrected chi connectivity index (χ1v) is 5.61. The molecule has 2 rings (SSSR count). The minimum atomic E-state index is -0.717. The molecule has 17 heavy (non-hydrogen) atoms. The minimum Gasteiger partial charge on any atom is -0.386 e. The fourth-order valence-corrected chi connectivity index (χ4v) is 2.01. The Kier molecular flexibility index (Phi) is 3.17. The van der Waals surface area contributed by atoms with E-state index in [1.807, 2.05) is 12.1 Å². The van der Waals surface area contributed by atoms with Crippen LogP contribution >= 0.6 is 0 Å². The Morgan fingerprint density at radius 1 is 1.41 bits per heavy atom. The molecule has 0 bridgehead atoms. The van der Waals surface area contributed by atoms with Gasteiger partial charge in [0.2, 0.25) is 0 Å². The smallest absolute Gasteiger partial charge is 0.254 e. The molecule has 0 spiro atoms. The first-order chi connectivity index (χ1) is 8.02. The Hall–Kier alpha value is -1.39. The molecule has 1 amide bonds. The van der Waals surface area contributed by atoms with Crippen LogP contribution in [0.4, 0.5) is 0 Å². The number of β-amino-alcohol motifs (C(OH)–C–C–N with tert-alkyl or cyclic N) is 1. The topological polar surface area (TPSA) is 49.8 Å². The number of hydrogen-bond acceptors (Lipinski definition) is 3. The molecule has 92 valence electrons. The van der Waals surface area contributed by atoms with E-state index >= 15 is 0 Å². The number of methoxy groups -OCH3 is 1. The molecule has 1 aromatic rings. The van der Waals surface area contributed by atoms with Crippen LogP contribution in [0, 0.1) is 0 Å². The van der Waals surface area contributed by atoms with Gasteiger partial charge in [-0.05, 0) is 24.6 Å². The SMILES string of the molecule is COCc1ccc(C(=O)N2CC(C)(O)C2)cc1. The highest BCUT2D eigenvalue weighted by Crippen LogP contribution is 2.22. The van der Waals surface area contributed by atoms with E-state index in [9.17, 15) is 9.90 Å².